The number of thioether (sulfide) groups is 1. The lowest BCUT2D eigenvalue weighted by molar-refractivity contribution is -0.122. The topological polar surface area (TPSA) is 44.4 Å². The van der Waals surface area contributed by atoms with E-state index >= 15 is 0 Å². The third kappa shape index (κ3) is 5.62. The van der Waals surface area contributed by atoms with Gasteiger partial charge in [-0.25, -0.2) is 0 Å². The van der Waals surface area contributed by atoms with Crippen LogP contribution in [0, 0.1) is 0 Å². The van der Waals surface area contributed by atoms with Crippen LogP contribution in [0.2, 0.25) is 0 Å². The van der Waals surface area contributed by atoms with Crippen LogP contribution in [0.4, 0.5) is 0 Å². The van der Waals surface area contributed by atoms with E-state index in [1.54, 1.807) is 0 Å². The van der Waals surface area contributed by atoms with E-state index in [1.165, 1.54) is 25.1 Å². The smallest absolute Gasteiger partial charge is 0.221 e. The highest BCUT2D eigenvalue weighted by Crippen LogP contribution is 2.13. The molecule has 2 N–H and O–H groups in total. The Balaban J connectivity index is 1.60. The van der Waals surface area contributed by atoms with Crippen molar-refractivity contribution in [1.29, 1.82) is 0 Å². The highest BCUT2D eigenvalue weighted by molar-refractivity contribution is 7.99. The van der Waals surface area contributed by atoms with E-state index in [0.717, 1.165) is 38.2 Å². The summed E-state index contributed by atoms with van der Waals surface area (Å²) in [5.41, 5.74) is 0. The molecule has 0 saturated carbocycles. The van der Waals surface area contributed by atoms with Gasteiger partial charge >= 0.3 is 0 Å². The van der Waals surface area contributed by atoms with Crippen LogP contribution in [0.25, 0.3) is 0 Å². The second-order valence-corrected chi connectivity index (χ2v) is 7.12. The van der Waals surface area contributed by atoms with E-state index in [0.29, 0.717) is 18.5 Å². The largest absolute Gasteiger partial charge is 0.353 e. The first-order valence-corrected chi connectivity index (χ1v) is 9.26. The molecule has 4 nitrogen and oxygen atoms in total. The number of nitrogens with one attached hydrogen (secondary N) is 2. The number of hydrogen-bond donors (Lipinski definition) is 2. The van der Waals surface area contributed by atoms with Gasteiger partial charge in [0, 0.05) is 49.6 Å². The van der Waals surface area contributed by atoms with E-state index in [-0.39, 0.29) is 5.91 Å². The number of likely N-dealkylation sites (tertiary alicyclic amines) is 1. The third-order valence-electron chi connectivity index (χ3n) is 4.21. The molecule has 2 aliphatic rings. The Labute approximate surface area is 127 Å². The van der Waals surface area contributed by atoms with Crippen LogP contribution in [0.5, 0.6) is 0 Å². The maximum Gasteiger partial charge on any atom is 0.221 e. The lowest BCUT2D eigenvalue weighted by atomic mass is 10.0. The molecule has 1 amide bonds. The lowest BCUT2D eigenvalue weighted by Crippen LogP contribution is -2.47. The first-order valence-electron chi connectivity index (χ1n) is 8.10. The van der Waals surface area contributed by atoms with Gasteiger partial charge in [-0.15, -0.1) is 0 Å². The van der Waals surface area contributed by atoms with Crippen molar-refractivity contribution in [2.24, 2.45) is 0 Å². The summed E-state index contributed by atoms with van der Waals surface area (Å²) >= 11 is 1.95. The zero-order chi connectivity index (χ0) is 14.2. The minimum absolute atomic E-state index is 0.233. The fourth-order valence-corrected chi connectivity index (χ4v) is 3.89. The molecule has 5 heteroatoms. The molecule has 0 aromatic rings. The fourth-order valence-electron chi connectivity index (χ4n) is 2.94. The summed E-state index contributed by atoms with van der Waals surface area (Å²) in [4.78, 5) is 14.6. The van der Waals surface area contributed by atoms with Crippen LogP contribution < -0.4 is 10.6 Å². The van der Waals surface area contributed by atoms with Crippen LogP contribution in [0.1, 0.15) is 39.0 Å². The van der Waals surface area contributed by atoms with Crippen molar-refractivity contribution in [3.63, 3.8) is 0 Å². The maximum atomic E-state index is 12.1. The van der Waals surface area contributed by atoms with Gasteiger partial charge in [0.05, 0.1) is 0 Å². The number of hydrogen-bond acceptors (Lipinski definition) is 4. The van der Waals surface area contributed by atoms with Crippen molar-refractivity contribution in [2.45, 2.75) is 51.1 Å². The van der Waals surface area contributed by atoms with Crippen molar-refractivity contribution in [2.75, 3.05) is 37.7 Å². The summed E-state index contributed by atoms with van der Waals surface area (Å²) in [5, 5.41) is 6.66. The minimum Gasteiger partial charge on any atom is -0.353 e. The monoisotopic (exact) mass is 299 g/mol. The van der Waals surface area contributed by atoms with Crippen molar-refractivity contribution >= 4 is 17.7 Å². The molecule has 0 aromatic carbocycles. The highest BCUT2D eigenvalue weighted by atomic mass is 32.2. The first-order chi connectivity index (χ1) is 9.78. The summed E-state index contributed by atoms with van der Waals surface area (Å²) in [5.74, 6) is 2.48. The molecule has 20 heavy (non-hydrogen) atoms. The molecule has 2 fully saturated rings. The van der Waals surface area contributed by atoms with Crippen LogP contribution in [0.3, 0.4) is 0 Å². The van der Waals surface area contributed by atoms with Crippen molar-refractivity contribution < 1.29 is 4.79 Å². The van der Waals surface area contributed by atoms with E-state index in [4.69, 9.17) is 0 Å². The molecular weight excluding hydrogens is 270 g/mol. The summed E-state index contributed by atoms with van der Waals surface area (Å²) in [6.07, 6.45) is 5.43. The SMILES string of the molecule is CCCCN1CCC(NC(=O)CC2CSCCN2)CC1. The molecule has 2 saturated heterocycles. The van der Waals surface area contributed by atoms with Gasteiger partial charge in [0.1, 0.15) is 0 Å². The Bertz CT molecular complexity index is 287. The van der Waals surface area contributed by atoms with E-state index < -0.39 is 0 Å². The van der Waals surface area contributed by atoms with Crippen LogP contribution in [-0.4, -0.2) is 60.6 Å². The molecule has 0 bridgehead atoms. The van der Waals surface area contributed by atoms with Crippen LogP contribution in [-0.2, 0) is 4.79 Å². The van der Waals surface area contributed by atoms with Crippen LogP contribution >= 0.6 is 11.8 Å². The Morgan fingerprint density at radius 2 is 2.20 bits per heavy atom. The Morgan fingerprint density at radius 3 is 2.85 bits per heavy atom. The van der Waals surface area contributed by atoms with E-state index in [1.807, 2.05) is 11.8 Å². The Hall–Kier alpha value is -0.260. The summed E-state index contributed by atoms with van der Waals surface area (Å²) in [7, 11) is 0. The van der Waals surface area contributed by atoms with E-state index in [2.05, 4.69) is 22.5 Å². The first kappa shape index (κ1) is 16.1. The van der Waals surface area contributed by atoms with Crippen molar-refractivity contribution in [1.82, 2.24) is 15.5 Å². The van der Waals surface area contributed by atoms with Crippen molar-refractivity contribution in [3.05, 3.63) is 0 Å². The molecule has 2 heterocycles. The molecule has 1 atom stereocenters. The molecule has 0 radical (unpaired) electrons. The van der Waals surface area contributed by atoms with Crippen LogP contribution in [0.15, 0.2) is 0 Å². The normalized spacial score (nSPS) is 25.6. The molecule has 0 aromatic heterocycles. The average Bonchev–Trinajstić information content (AvgIpc) is 2.47. The lowest BCUT2D eigenvalue weighted by Gasteiger charge is -2.32. The van der Waals surface area contributed by atoms with Gasteiger partial charge in [-0.3, -0.25) is 4.79 Å². The number of nitrogens with zero attached hydrogens (tertiary/aromatic N) is 1. The minimum atomic E-state index is 0.233. The van der Waals surface area contributed by atoms with Gasteiger partial charge in [0.2, 0.25) is 5.91 Å². The number of carbonyl (C=O) groups excluding carboxylic acids is 1. The third-order valence-corrected chi connectivity index (χ3v) is 5.34. The molecule has 116 valence electrons. The van der Waals surface area contributed by atoms with Gasteiger partial charge in [-0.05, 0) is 25.8 Å². The zero-order valence-corrected chi connectivity index (χ0v) is 13.5. The van der Waals surface area contributed by atoms with Gasteiger partial charge in [0.15, 0.2) is 0 Å². The van der Waals surface area contributed by atoms with Gasteiger partial charge in [0.25, 0.3) is 0 Å². The molecule has 0 spiro atoms. The highest BCUT2D eigenvalue weighted by Gasteiger charge is 2.22. The van der Waals surface area contributed by atoms with Gasteiger partial charge in [-0.2, -0.15) is 11.8 Å². The molecule has 0 aliphatic carbocycles. The Kier molecular flexibility index (Phi) is 7.17. The Morgan fingerprint density at radius 1 is 1.40 bits per heavy atom. The summed E-state index contributed by atoms with van der Waals surface area (Å²) < 4.78 is 0. The molecule has 1 unspecified atom stereocenters. The predicted octanol–water partition coefficient (Wildman–Crippen LogP) is 1.46. The molecule has 2 aliphatic heterocycles. The number of unbranched alkanes of at least 4 members (excludes halogenated alkanes) is 1. The predicted molar refractivity (Wildman–Crippen MR) is 86.2 cm³/mol. The average molecular weight is 299 g/mol. The zero-order valence-electron chi connectivity index (χ0n) is 12.7. The second kappa shape index (κ2) is 8.90. The number of piperidine rings is 1. The van der Waals surface area contributed by atoms with Crippen molar-refractivity contribution in [3.8, 4) is 0 Å². The van der Waals surface area contributed by atoms with E-state index in [9.17, 15) is 4.79 Å². The van der Waals surface area contributed by atoms with Gasteiger partial charge < -0.3 is 15.5 Å². The quantitative estimate of drug-likeness (QED) is 0.779. The molecule has 2 rings (SSSR count). The standard InChI is InChI=1S/C15H29N3OS/c1-2-3-7-18-8-4-13(5-9-18)17-15(19)11-14-12-20-10-6-16-14/h13-14,16H,2-12H2,1H3,(H,17,19). The maximum absolute atomic E-state index is 12.1. The summed E-state index contributed by atoms with van der Waals surface area (Å²) in [6, 6.07) is 0.773. The fraction of sp³-hybridized carbons (Fsp3) is 0.933. The number of rotatable bonds is 6. The molecular formula is C15H29N3OS. The second-order valence-electron chi connectivity index (χ2n) is 5.97. The number of amides is 1. The van der Waals surface area contributed by atoms with Gasteiger partial charge in [-0.1, -0.05) is 13.3 Å². The number of carbonyl (C=O) groups is 1. The summed E-state index contributed by atoms with van der Waals surface area (Å²) in [6.45, 7) is 6.79.